The van der Waals surface area contributed by atoms with Crippen molar-refractivity contribution >= 4 is 40.2 Å². The number of rotatable bonds is 3. The van der Waals surface area contributed by atoms with Crippen LogP contribution in [0, 0.1) is 10.5 Å². The zero-order valence-corrected chi connectivity index (χ0v) is 12.5. The average molecular weight is 375 g/mol. The number of hydrogen-bond donors (Lipinski definition) is 2. The molecule has 1 heterocycles. The summed E-state index contributed by atoms with van der Waals surface area (Å²) in [7, 11) is 0. The van der Waals surface area contributed by atoms with Gasteiger partial charge in [0.2, 0.25) is 0 Å². The van der Waals surface area contributed by atoms with Crippen molar-refractivity contribution in [3.63, 3.8) is 0 Å². The van der Waals surface area contributed by atoms with Gasteiger partial charge in [0.15, 0.2) is 6.10 Å². The number of halogens is 1. The van der Waals surface area contributed by atoms with Crippen molar-refractivity contribution in [1.29, 1.82) is 0 Å². The van der Waals surface area contributed by atoms with Gasteiger partial charge >= 0.3 is 5.97 Å². The molecule has 1 fully saturated rings. The summed E-state index contributed by atoms with van der Waals surface area (Å²) in [5.41, 5.74) is 1.84. The third-order valence-electron chi connectivity index (χ3n) is 3.03. The molecule has 2 atom stereocenters. The quantitative estimate of drug-likeness (QED) is 0.795. The van der Waals surface area contributed by atoms with Crippen LogP contribution in [-0.4, -0.2) is 29.2 Å². The second-order valence-corrected chi connectivity index (χ2v) is 5.64. The number of benzene rings is 1. The molecule has 1 saturated heterocycles. The van der Waals surface area contributed by atoms with Gasteiger partial charge in [0.1, 0.15) is 6.10 Å². The lowest BCUT2D eigenvalue weighted by molar-refractivity contribution is -0.150. The van der Waals surface area contributed by atoms with E-state index in [2.05, 4.69) is 27.9 Å². The molecule has 1 aromatic rings. The fourth-order valence-electron chi connectivity index (χ4n) is 1.91. The number of carboxylic acids is 1. The van der Waals surface area contributed by atoms with Crippen LogP contribution in [0.2, 0.25) is 0 Å². The Morgan fingerprint density at radius 2 is 2.05 bits per heavy atom. The molecule has 1 aliphatic heterocycles. The maximum atomic E-state index is 11.9. The zero-order chi connectivity index (χ0) is 14.0. The standard InChI is InChI=1S/C13H14INO4/c1-7-2-3-8(6-9(7)14)15-12(16)10-4-5-11(19-10)13(17)18/h2-3,6,10-11H,4-5H2,1H3,(H,15,16)(H,17,18). The van der Waals surface area contributed by atoms with Crippen LogP contribution < -0.4 is 5.32 Å². The summed E-state index contributed by atoms with van der Waals surface area (Å²) >= 11 is 2.20. The van der Waals surface area contributed by atoms with Gasteiger partial charge in [0.25, 0.3) is 5.91 Å². The Morgan fingerprint density at radius 1 is 1.37 bits per heavy atom. The summed E-state index contributed by atoms with van der Waals surface area (Å²) in [6, 6.07) is 5.61. The summed E-state index contributed by atoms with van der Waals surface area (Å²) in [4.78, 5) is 22.7. The lowest BCUT2D eigenvalue weighted by Gasteiger charge is -2.12. The molecule has 6 heteroatoms. The fourth-order valence-corrected chi connectivity index (χ4v) is 2.42. The lowest BCUT2D eigenvalue weighted by Crippen LogP contribution is -2.29. The topological polar surface area (TPSA) is 75.6 Å². The number of carboxylic acid groups (broad SMARTS) is 1. The van der Waals surface area contributed by atoms with E-state index in [-0.39, 0.29) is 5.91 Å². The first kappa shape index (κ1) is 14.3. The van der Waals surface area contributed by atoms with Crippen molar-refractivity contribution in [1.82, 2.24) is 0 Å². The normalized spacial score (nSPS) is 22.2. The molecule has 2 N–H and O–H groups in total. The van der Waals surface area contributed by atoms with Crippen LogP contribution in [0.15, 0.2) is 18.2 Å². The molecule has 0 aliphatic carbocycles. The van der Waals surface area contributed by atoms with Crippen molar-refractivity contribution < 1.29 is 19.4 Å². The van der Waals surface area contributed by atoms with Crippen molar-refractivity contribution in [2.75, 3.05) is 5.32 Å². The number of aryl methyl sites for hydroxylation is 1. The molecule has 0 aromatic heterocycles. The number of carbonyl (C=O) groups is 2. The van der Waals surface area contributed by atoms with Crippen molar-refractivity contribution in [3.05, 3.63) is 27.3 Å². The molecule has 19 heavy (non-hydrogen) atoms. The molecule has 0 saturated carbocycles. The summed E-state index contributed by atoms with van der Waals surface area (Å²) in [5, 5.41) is 11.6. The second-order valence-electron chi connectivity index (χ2n) is 4.48. The van der Waals surface area contributed by atoms with E-state index in [1.165, 1.54) is 0 Å². The molecular weight excluding hydrogens is 361 g/mol. The minimum Gasteiger partial charge on any atom is -0.479 e. The fraction of sp³-hybridized carbons (Fsp3) is 0.385. The molecule has 0 radical (unpaired) electrons. The van der Waals surface area contributed by atoms with E-state index in [0.29, 0.717) is 18.5 Å². The molecule has 1 amide bonds. The number of carbonyl (C=O) groups excluding carboxylic acids is 1. The Bertz CT molecular complexity index is 517. The van der Waals surface area contributed by atoms with Gasteiger partial charge < -0.3 is 15.2 Å². The highest BCUT2D eigenvalue weighted by Gasteiger charge is 2.34. The molecule has 1 aromatic carbocycles. The highest BCUT2D eigenvalue weighted by molar-refractivity contribution is 14.1. The third-order valence-corrected chi connectivity index (χ3v) is 4.19. The number of anilines is 1. The Kier molecular flexibility index (Phi) is 4.41. The van der Waals surface area contributed by atoms with Crippen molar-refractivity contribution in [3.8, 4) is 0 Å². The van der Waals surface area contributed by atoms with Crippen LogP contribution in [-0.2, 0) is 14.3 Å². The molecule has 5 nitrogen and oxygen atoms in total. The summed E-state index contributed by atoms with van der Waals surface area (Å²) in [6.45, 7) is 1.99. The number of nitrogens with one attached hydrogen (secondary N) is 1. The van der Waals surface area contributed by atoms with Crippen LogP contribution in [0.5, 0.6) is 0 Å². The molecule has 1 aliphatic rings. The van der Waals surface area contributed by atoms with Gasteiger partial charge in [0.05, 0.1) is 0 Å². The van der Waals surface area contributed by atoms with Gasteiger partial charge in [0, 0.05) is 9.26 Å². The Balaban J connectivity index is 1.98. The largest absolute Gasteiger partial charge is 0.479 e. The molecule has 2 unspecified atom stereocenters. The first-order chi connectivity index (χ1) is 8.97. The average Bonchev–Trinajstić information content (AvgIpc) is 2.83. The number of aliphatic carboxylic acids is 1. The lowest BCUT2D eigenvalue weighted by atomic mass is 10.2. The monoisotopic (exact) mass is 375 g/mol. The van der Waals surface area contributed by atoms with Gasteiger partial charge in [-0.1, -0.05) is 6.07 Å². The predicted octanol–water partition coefficient (Wildman–Crippen LogP) is 2.17. The second kappa shape index (κ2) is 5.87. The SMILES string of the molecule is Cc1ccc(NC(=O)C2CCC(C(=O)O)O2)cc1I. The van der Waals surface area contributed by atoms with E-state index in [1.54, 1.807) is 0 Å². The van der Waals surface area contributed by atoms with E-state index in [1.807, 2.05) is 25.1 Å². The Labute approximate surface area is 124 Å². The molecular formula is C13H14INO4. The van der Waals surface area contributed by atoms with E-state index >= 15 is 0 Å². The minimum atomic E-state index is -1.01. The number of ether oxygens (including phenoxy) is 1. The van der Waals surface area contributed by atoms with Crippen LogP contribution in [0.4, 0.5) is 5.69 Å². The summed E-state index contributed by atoms with van der Waals surface area (Å²) in [5.74, 6) is -1.30. The van der Waals surface area contributed by atoms with Gasteiger partial charge in [-0.05, 0) is 60.1 Å². The van der Waals surface area contributed by atoms with E-state index in [4.69, 9.17) is 9.84 Å². The van der Waals surface area contributed by atoms with Crippen molar-refractivity contribution in [2.24, 2.45) is 0 Å². The van der Waals surface area contributed by atoms with Crippen LogP contribution in [0.3, 0.4) is 0 Å². The molecule has 102 valence electrons. The highest BCUT2D eigenvalue weighted by atomic mass is 127. The Morgan fingerprint density at radius 3 is 2.63 bits per heavy atom. The number of amides is 1. The van der Waals surface area contributed by atoms with E-state index in [0.717, 1.165) is 9.13 Å². The minimum absolute atomic E-state index is 0.289. The van der Waals surface area contributed by atoms with Gasteiger partial charge in [-0.2, -0.15) is 0 Å². The molecule has 0 bridgehead atoms. The van der Waals surface area contributed by atoms with E-state index in [9.17, 15) is 9.59 Å². The molecule has 2 rings (SSSR count). The van der Waals surface area contributed by atoms with Gasteiger partial charge in [-0.25, -0.2) is 4.79 Å². The van der Waals surface area contributed by atoms with Crippen molar-refractivity contribution in [2.45, 2.75) is 32.0 Å². The maximum Gasteiger partial charge on any atom is 0.332 e. The highest BCUT2D eigenvalue weighted by Crippen LogP contribution is 2.22. The first-order valence-corrected chi connectivity index (χ1v) is 7.00. The van der Waals surface area contributed by atoms with Crippen LogP contribution in [0.1, 0.15) is 18.4 Å². The van der Waals surface area contributed by atoms with Crippen LogP contribution >= 0.6 is 22.6 Å². The number of hydrogen-bond acceptors (Lipinski definition) is 3. The maximum absolute atomic E-state index is 11.9. The van der Waals surface area contributed by atoms with Gasteiger partial charge in [-0.3, -0.25) is 4.79 Å². The summed E-state index contributed by atoms with van der Waals surface area (Å²) in [6.07, 6.45) is -0.737. The predicted molar refractivity (Wildman–Crippen MR) is 78.1 cm³/mol. The third kappa shape index (κ3) is 3.44. The molecule has 0 spiro atoms. The zero-order valence-electron chi connectivity index (χ0n) is 10.4. The van der Waals surface area contributed by atoms with E-state index < -0.39 is 18.2 Å². The van der Waals surface area contributed by atoms with Gasteiger partial charge in [-0.15, -0.1) is 0 Å². The summed E-state index contributed by atoms with van der Waals surface area (Å²) < 4.78 is 6.26. The Hall–Kier alpha value is -1.15. The first-order valence-electron chi connectivity index (χ1n) is 5.92. The smallest absolute Gasteiger partial charge is 0.332 e. The van der Waals surface area contributed by atoms with Crippen LogP contribution in [0.25, 0.3) is 0 Å².